The quantitative estimate of drug-likeness (QED) is 0.0749. The third-order valence-electron chi connectivity index (χ3n) is 11.1. The van der Waals surface area contributed by atoms with Crippen LogP contribution in [0.25, 0.3) is 43.1 Å². The summed E-state index contributed by atoms with van der Waals surface area (Å²) in [4.78, 5) is 54.7. The maximum Gasteiger partial charge on any atom is 0.416 e. The van der Waals surface area contributed by atoms with Gasteiger partial charge in [-0.2, -0.15) is 52.7 Å². The Labute approximate surface area is 349 Å². The Hall–Kier alpha value is -7.21. The molecule has 7 aromatic carbocycles. The van der Waals surface area contributed by atoms with Crippen LogP contribution in [0.5, 0.6) is 0 Å². The van der Waals surface area contributed by atoms with Crippen molar-refractivity contribution in [2.45, 2.75) is 31.6 Å². The fourth-order valence-electron chi connectivity index (χ4n) is 8.46. The average Bonchev–Trinajstić information content (AvgIpc) is 3.20. The van der Waals surface area contributed by atoms with E-state index in [1.807, 2.05) is 0 Å². The third kappa shape index (κ3) is 5.66. The standard InChI is InChI=1S/C41H9F19N2O4/c1-8-15-16-17-20(27(8)42)21-18-19-25(32(47)28(21)43)36(65)62(14-6-11(40(55,56)57)3-12(7-14)41(58,59)60)37(66)26(19)33(48)30(45)23(18)22(17)29(44)31(46)24(16)35(64)61(34(15)63)13-4-9(38(49,50)51)2-10(5-13)39(52,53)54/h2-7H,1H3. The summed E-state index contributed by atoms with van der Waals surface area (Å²) in [6.07, 6.45) is -22.6. The molecule has 6 nitrogen and oxygen atoms in total. The van der Waals surface area contributed by atoms with Gasteiger partial charge >= 0.3 is 24.7 Å². The van der Waals surface area contributed by atoms with Crippen molar-refractivity contribution in [3.8, 4) is 0 Å². The molecule has 2 aliphatic heterocycles. The molecule has 2 aliphatic rings. The lowest BCUT2D eigenvalue weighted by Crippen LogP contribution is -2.42. The zero-order chi connectivity index (χ0) is 48.7. The number of alkyl halides is 12. The SMILES string of the molecule is Cc1c2c3c(c(F)c(F)c4c5c(F)c(F)c6c7c(c(F)c(F)c(c(c1F)c34)c75)C(=O)N(c1cc(C(F)(F)F)cc(C(F)(F)F)c1)C6=O)C(=O)N(c1cc(C(F)(F)F)cc(C(F)(F)F)c1)C2=O. The summed E-state index contributed by atoms with van der Waals surface area (Å²) < 4.78 is 282. The maximum atomic E-state index is 17.0. The van der Waals surface area contributed by atoms with Crippen LogP contribution in [0.1, 0.15) is 69.2 Å². The van der Waals surface area contributed by atoms with Gasteiger partial charge in [0.05, 0.1) is 55.9 Å². The van der Waals surface area contributed by atoms with Gasteiger partial charge in [-0.25, -0.2) is 40.5 Å². The van der Waals surface area contributed by atoms with Crippen LogP contribution in [-0.2, 0) is 24.7 Å². The van der Waals surface area contributed by atoms with Gasteiger partial charge in [0.1, 0.15) is 5.82 Å². The molecule has 7 aromatic rings. The Morgan fingerprint density at radius 3 is 0.833 bits per heavy atom. The van der Waals surface area contributed by atoms with Crippen LogP contribution >= 0.6 is 0 Å². The van der Waals surface area contributed by atoms with Gasteiger partial charge in [0, 0.05) is 43.1 Å². The lowest BCUT2D eigenvalue weighted by molar-refractivity contribution is -0.144. The highest BCUT2D eigenvalue weighted by atomic mass is 19.4. The highest BCUT2D eigenvalue weighted by molar-refractivity contribution is 6.46. The van der Waals surface area contributed by atoms with Crippen molar-refractivity contribution in [2.75, 3.05) is 9.80 Å². The lowest BCUT2D eigenvalue weighted by Gasteiger charge is -2.32. The van der Waals surface area contributed by atoms with Gasteiger partial charge < -0.3 is 0 Å². The number of benzene rings is 7. The molecule has 0 fully saturated rings. The Morgan fingerprint density at radius 1 is 0.318 bits per heavy atom. The molecule has 4 amide bonds. The number of carbonyl (C=O) groups is 4. The van der Waals surface area contributed by atoms with E-state index in [2.05, 4.69) is 0 Å². The van der Waals surface area contributed by atoms with Gasteiger partial charge in [-0.3, -0.25) is 19.2 Å². The molecule has 66 heavy (non-hydrogen) atoms. The van der Waals surface area contributed by atoms with Crippen molar-refractivity contribution in [1.82, 2.24) is 0 Å². The van der Waals surface area contributed by atoms with Gasteiger partial charge in [-0.15, -0.1) is 0 Å². The van der Waals surface area contributed by atoms with Gasteiger partial charge in [0.2, 0.25) is 0 Å². The Balaban J connectivity index is 1.41. The minimum absolute atomic E-state index is 0.197. The van der Waals surface area contributed by atoms with Crippen molar-refractivity contribution in [2.24, 2.45) is 0 Å². The van der Waals surface area contributed by atoms with Gasteiger partial charge in [0.15, 0.2) is 34.9 Å². The van der Waals surface area contributed by atoms with E-state index in [0.717, 1.165) is 0 Å². The predicted octanol–water partition coefficient (Wildman–Crippen LogP) is 12.7. The molecule has 0 aromatic heterocycles. The molecule has 0 spiro atoms. The van der Waals surface area contributed by atoms with E-state index >= 15 is 30.7 Å². The van der Waals surface area contributed by atoms with Crippen LogP contribution < -0.4 is 9.80 Å². The van der Waals surface area contributed by atoms with E-state index in [4.69, 9.17) is 0 Å². The second-order valence-electron chi connectivity index (χ2n) is 14.7. The Kier molecular flexibility index (Phi) is 8.81. The molecule has 0 atom stereocenters. The molecular formula is C41H9F19N2O4. The van der Waals surface area contributed by atoms with E-state index in [1.54, 1.807) is 0 Å². The second-order valence-corrected chi connectivity index (χ2v) is 14.7. The van der Waals surface area contributed by atoms with Crippen LogP contribution in [-0.4, -0.2) is 23.6 Å². The van der Waals surface area contributed by atoms with E-state index in [9.17, 15) is 71.9 Å². The number of fused-ring (bicyclic) bond motifs is 2. The molecule has 25 heteroatoms. The summed E-state index contributed by atoms with van der Waals surface area (Å²) in [5, 5.41) is -12.8. The smallest absolute Gasteiger partial charge is 0.268 e. The number of hydrogen-bond donors (Lipinski definition) is 0. The summed E-state index contributed by atoms with van der Waals surface area (Å²) in [7, 11) is 0. The molecule has 2 heterocycles. The highest BCUT2D eigenvalue weighted by Crippen LogP contribution is 2.53. The van der Waals surface area contributed by atoms with E-state index in [1.165, 1.54) is 0 Å². The number of hydrogen-bond acceptors (Lipinski definition) is 4. The Morgan fingerprint density at radius 2 is 0.561 bits per heavy atom. The summed E-state index contributed by atoms with van der Waals surface area (Å²) in [5.41, 5.74) is -20.4. The van der Waals surface area contributed by atoms with Crippen molar-refractivity contribution in [3.05, 3.63) is 127 Å². The topological polar surface area (TPSA) is 74.8 Å². The van der Waals surface area contributed by atoms with E-state index < -0.39 is 216 Å². The zero-order valence-electron chi connectivity index (χ0n) is 31.2. The molecule has 0 radical (unpaired) electrons. The first-order valence-corrected chi connectivity index (χ1v) is 17.7. The molecule has 0 aliphatic carbocycles. The molecule has 0 N–H and O–H groups in total. The minimum Gasteiger partial charge on any atom is -0.268 e. The lowest BCUT2D eigenvalue weighted by atomic mass is 9.79. The monoisotopic (exact) mass is 954 g/mol. The van der Waals surface area contributed by atoms with Crippen molar-refractivity contribution in [3.63, 3.8) is 0 Å². The highest BCUT2D eigenvalue weighted by Gasteiger charge is 2.48. The number of anilines is 2. The van der Waals surface area contributed by atoms with Crippen molar-refractivity contribution in [1.29, 1.82) is 0 Å². The Bertz CT molecular complexity index is 3060. The number of amides is 4. The minimum atomic E-state index is -5.68. The largest absolute Gasteiger partial charge is 0.416 e. The summed E-state index contributed by atoms with van der Waals surface area (Å²) in [5.74, 6) is -26.6. The molecule has 9 rings (SSSR count). The van der Waals surface area contributed by atoms with E-state index in [0.29, 0.717) is 6.92 Å². The summed E-state index contributed by atoms with van der Waals surface area (Å²) in [6, 6.07) is -1.89. The number of halogens is 19. The molecule has 340 valence electrons. The predicted molar refractivity (Wildman–Crippen MR) is 187 cm³/mol. The fraction of sp³-hybridized carbons (Fsp3) is 0.122. The molecule has 0 saturated carbocycles. The first-order chi connectivity index (χ1) is 30.3. The van der Waals surface area contributed by atoms with Crippen molar-refractivity contribution >= 4 is 78.1 Å². The molecular weight excluding hydrogens is 945 g/mol. The number of carbonyl (C=O) groups excluding carboxylic acids is 4. The van der Waals surface area contributed by atoms with Gasteiger partial charge in [-0.05, 0) is 48.9 Å². The first kappa shape index (κ1) is 44.0. The normalized spacial score (nSPS) is 15.0. The van der Waals surface area contributed by atoms with Crippen LogP contribution in [0.15, 0.2) is 36.4 Å². The summed E-state index contributed by atoms with van der Waals surface area (Å²) >= 11 is 0. The van der Waals surface area contributed by atoms with Crippen molar-refractivity contribution < 1.29 is 103 Å². The second kappa shape index (κ2) is 13.2. The fourth-order valence-corrected chi connectivity index (χ4v) is 8.46. The van der Waals surface area contributed by atoms with E-state index in [-0.39, 0.29) is 24.3 Å². The molecule has 0 unspecified atom stereocenters. The van der Waals surface area contributed by atoms with Crippen LogP contribution in [0.4, 0.5) is 94.8 Å². The zero-order valence-corrected chi connectivity index (χ0v) is 31.2. The molecule has 0 saturated heterocycles. The number of imide groups is 2. The van der Waals surface area contributed by atoms with Gasteiger partial charge in [0.25, 0.3) is 23.6 Å². The average molecular weight is 954 g/mol. The third-order valence-corrected chi connectivity index (χ3v) is 11.1. The number of rotatable bonds is 2. The first-order valence-electron chi connectivity index (χ1n) is 17.7. The van der Waals surface area contributed by atoms with Crippen LogP contribution in [0.3, 0.4) is 0 Å². The van der Waals surface area contributed by atoms with Crippen LogP contribution in [0, 0.1) is 47.6 Å². The maximum absolute atomic E-state index is 17.0. The molecule has 0 bridgehead atoms. The summed E-state index contributed by atoms with van der Waals surface area (Å²) in [6.45, 7) is 0.550. The van der Waals surface area contributed by atoms with Gasteiger partial charge in [-0.1, -0.05) is 0 Å². The number of nitrogens with zero attached hydrogens (tertiary/aromatic N) is 2. The van der Waals surface area contributed by atoms with Crippen LogP contribution in [0.2, 0.25) is 0 Å².